The van der Waals surface area contributed by atoms with E-state index < -0.39 is 0 Å². The van der Waals surface area contributed by atoms with Crippen LogP contribution in [-0.4, -0.2) is 5.78 Å². The zero-order valence-electron chi connectivity index (χ0n) is 8.26. The summed E-state index contributed by atoms with van der Waals surface area (Å²) < 4.78 is 0. The van der Waals surface area contributed by atoms with Gasteiger partial charge in [-0.15, -0.1) is 0 Å². The Kier molecular flexibility index (Phi) is 1.61. The number of carbonyl (C=O) groups is 1. The summed E-state index contributed by atoms with van der Waals surface area (Å²) in [6, 6.07) is 0. The number of hydrogen-bond acceptors (Lipinski definition) is 1. The van der Waals surface area contributed by atoms with E-state index in [2.05, 4.69) is 20.8 Å². The first-order valence-electron chi connectivity index (χ1n) is 5.06. The van der Waals surface area contributed by atoms with Gasteiger partial charge in [-0.25, -0.2) is 0 Å². The normalized spacial score (nSPS) is 44.9. The van der Waals surface area contributed by atoms with Gasteiger partial charge in [0.15, 0.2) is 0 Å². The van der Waals surface area contributed by atoms with Crippen LogP contribution in [0, 0.1) is 23.2 Å². The molecule has 3 atom stereocenters. The van der Waals surface area contributed by atoms with Crippen LogP contribution in [-0.2, 0) is 4.79 Å². The van der Waals surface area contributed by atoms with Crippen LogP contribution >= 0.6 is 0 Å². The molecule has 0 aromatic heterocycles. The highest BCUT2D eigenvalue weighted by Gasteiger charge is 2.52. The van der Waals surface area contributed by atoms with Crippen molar-refractivity contribution in [2.45, 2.75) is 40.0 Å². The van der Waals surface area contributed by atoms with Crippen LogP contribution in [0.15, 0.2) is 0 Å². The maximum atomic E-state index is 11.7. The van der Waals surface area contributed by atoms with Crippen molar-refractivity contribution in [1.82, 2.24) is 0 Å². The van der Waals surface area contributed by atoms with Crippen LogP contribution in [0.2, 0.25) is 0 Å². The van der Waals surface area contributed by atoms with Gasteiger partial charge in [0, 0.05) is 12.3 Å². The molecule has 0 N–H and O–H groups in total. The first-order valence-corrected chi connectivity index (χ1v) is 5.06. The van der Waals surface area contributed by atoms with Gasteiger partial charge >= 0.3 is 0 Å². The first-order chi connectivity index (χ1) is 5.53. The number of fused-ring (bicyclic) bond motifs is 2. The highest BCUT2D eigenvalue weighted by atomic mass is 16.1. The van der Waals surface area contributed by atoms with Crippen molar-refractivity contribution in [3.05, 3.63) is 0 Å². The molecule has 0 amide bonds. The lowest BCUT2D eigenvalue weighted by atomic mass is 9.64. The van der Waals surface area contributed by atoms with Gasteiger partial charge in [-0.05, 0) is 30.1 Å². The molecular formula is C11H18O. The van der Waals surface area contributed by atoms with Gasteiger partial charge in [0.05, 0.1) is 0 Å². The summed E-state index contributed by atoms with van der Waals surface area (Å²) in [5.74, 6) is 2.23. The molecule has 2 saturated carbocycles. The Morgan fingerprint density at radius 1 is 1.33 bits per heavy atom. The lowest BCUT2D eigenvalue weighted by Gasteiger charge is -2.40. The molecule has 2 bridgehead atoms. The predicted molar refractivity (Wildman–Crippen MR) is 48.8 cm³/mol. The van der Waals surface area contributed by atoms with Gasteiger partial charge in [-0.2, -0.15) is 0 Å². The average molecular weight is 166 g/mol. The van der Waals surface area contributed by atoms with E-state index >= 15 is 0 Å². The molecule has 0 saturated heterocycles. The van der Waals surface area contributed by atoms with Crippen molar-refractivity contribution < 1.29 is 4.79 Å². The molecule has 1 nitrogen and oxygen atoms in total. The largest absolute Gasteiger partial charge is 0.299 e. The SMILES string of the molecule is CC1CCC2CC(=O)C1C2(C)C. The van der Waals surface area contributed by atoms with E-state index in [-0.39, 0.29) is 0 Å². The second kappa shape index (κ2) is 2.34. The molecule has 0 heterocycles. The Morgan fingerprint density at radius 2 is 2.00 bits per heavy atom. The maximum absolute atomic E-state index is 11.7. The molecule has 2 aliphatic carbocycles. The minimum atomic E-state index is 0.300. The van der Waals surface area contributed by atoms with Crippen molar-refractivity contribution in [3.8, 4) is 0 Å². The molecule has 12 heavy (non-hydrogen) atoms. The highest BCUT2D eigenvalue weighted by molar-refractivity contribution is 5.85. The Morgan fingerprint density at radius 3 is 2.58 bits per heavy atom. The third kappa shape index (κ3) is 0.884. The van der Waals surface area contributed by atoms with Gasteiger partial charge in [0.2, 0.25) is 0 Å². The van der Waals surface area contributed by atoms with Crippen molar-refractivity contribution in [1.29, 1.82) is 0 Å². The molecule has 68 valence electrons. The molecule has 3 unspecified atom stereocenters. The number of rotatable bonds is 0. The Labute approximate surface area is 74.5 Å². The molecule has 0 aromatic rings. The van der Waals surface area contributed by atoms with E-state index in [1.165, 1.54) is 12.8 Å². The lowest BCUT2D eigenvalue weighted by Crippen LogP contribution is -2.35. The van der Waals surface area contributed by atoms with Gasteiger partial charge < -0.3 is 0 Å². The molecule has 2 fully saturated rings. The van der Waals surface area contributed by atoms with Gasteiger partial charge in [-0.3, -0.25) is 4.79 Å². The number of ketones is 1. The van der Waals surface area contributed by atoms with E-state index in [1.807, 2.05) is 0 Å². The second-order valence-electron chi connectivity index (χ2n) is 5.22. The van der Waals surface area contributed by atoms with Crippen LogP contribution in [0.25, 0.3) is 0 Å². The molecule has 2 aliphatic rings. The van der Waals surface area contributed by atoms with E-state index in [1.54, 1.807) is 0 Å². The van der Waals surface area contributed by atoms with Crippen LogP contribution < -0.4 is 0 Å². The van der Waals surface area contributed by atoms with Crippen molar-refractivity contribution in [2.24, 2.45) is 23.2 Å². The van der Waals surface area contributed by atoms with Crippen molar-refractivity contribution >= 4 is 5.78 Å². The molecule has 0 aromatic carbocycles. The highest BCUT2D eigenvalue weighted by Crippen LogP contribution is 2.55. The molecule has 0 radical (unpaired) electrons. The Hall–Kier alpha value is -0.330. The van der Waals surface area contributed by atoms with Gasteiger partial charge in [-0.1, -0.05) is 20.8 Å². The van der Waals surface area contributed by atoms with E-state index in [0.29, 0.717) is 29.0 Å². The summed E-state index contributed by atoms with van der Waals surface area (Å²) in [7, 11) is 0. The molecule has 0 spiro atoms. The van der Waals surface area contributed by atoms with Crippen LogP contribution in [0.5, 0.6) is 0 Å². The minimum absolute atomic E-state index is 0.300. The first kappa shape index (κ1) is 8.28. The standard InChI is InChI=1S/C11H18O/c1-7-4-5-8-6-9(12)10(7)11(8,2)3/h7-8,10H,4-6H2,1-3H3. The monoisotopic (exact) mass is 166 g/mol. The second-order valence-corrected chi connectivity index (χ2v) is 5.22. The number of carbonyl (C=O) groups excluding carboxylic acids is 1. The van der Waals surface area contributed by atoms with Crippen molar-refractivity contribution in [2.75, 3.05) is 0 Å². The third-order valence-corrected chi connectivity index (χ3v) is 4.19. The zero-order valence-corrected chi connectivity index (χ0v) is 8.26. The minimum Gasteiger partial charge on any atom is -0.299 e. The summed E-state index contributed by atoms with van der Waals surface area (Å²) in [4.78, 5) is 11.7. The average Bonchev–Trinajstić information content (AvgIpc) is 2.12. The fourth-order valence-electron chi connectivity index (χ4n) is 3.46. The van der Waals surface area contributed by atoms with E-state index in [9.17, 15) is 4.79 Å². The number of hydrogen-bond donors (Lipinski definition) is 0. The number of Topliss-reactive ketones (excluding diaryl/α,β-unsaturated/α-hetero) is 1. The van der Waals surface area contributed by atoms with E-state index in [0.717, 1.165) is 6.42 Å². The Balaban J connectivity index is 2.35. The predicted octanol–water partition coefficient (Wildman–Crippen LogP) is 2.65. The van der Waals surface area contributed by atoms with Crippen LogP contribution in [0.4, 0.5) is 0 Å². The molecular weight excluding hydrogens is 148 g/mol. The fraction of sp³-hybridized carbons (Fsp3) is 0.909. The topological polar surface area (TPSA) is 17.1 Å². The van der Waals surface area contributed by atoms with E-state index in [4.69, 9.17) is 0 Å². The molecule has 1 heteroatoms. The summed E-state index contributed by atoms with van der Waals surface area (Å²) >= 11 is 0. The molecule has 0 aliphatic heterocycles. The third-order valence-electron chi connectivity index (χ3n) is 4.19. The summed E-state index contributed by atoms with van der Waals surface area (Å²) in [6.07, 6.45) is 3.41. The summed E-state index contributed by atoms with van der Waals surface area (Å²) in [6.45, 7) is 6.80. The summed E-state index contributed by atoms with van der Waals surface area (Å²) in [5, 5.41) is 0. The van der Waals surface area contributed by atoms with Crippen LogP contribution in [0.3, 0.4) is 0 Å². The molecule has 2 rings (SSSR count). The van der Waals surface area contributed by atoms with Gasteiger partial charge in [0.25, 0.3) is 0 Å². The maximum Gasteiger partial charge on any atom is 0.137 e. The van der Waals surface area contributed by atoms with Crippen LogP contribution in [0.1, 0.15) is 40.0 Å². The smallest absolute Gasteiger partial charge is 0.137 e. The summed E-state index contributed by atoms with van der Waals surface area (Å²) in [5.41, 5.74) is 0.300. The Bertz CT molecular complexity index is 217. The lowest BCUT2D eigenvalue weighted by molar-refractivity contribution is -0.123. The van der Waals surface area contributed by atoms with Crippen molar-refractivity contribution in [3.63, 3.8) is 0 Å². The zero-order chi connectivity index (χ0) is 8.93. The van der Waals surface area contributed by atoms with Gasteiger partial charge in [0.1, 0.15) is 5.78 Å². The fourth-order valence-corrected chi connectivity index (χ4v) is 3.46. The quantitative estimate of drug-likeness (QED) is 0.540.